The first-order valence-electron chi connectivity index (χ1n) is 21.0. The third kappa shape index (κ3) is 36.8. The standard InChI is InChI=1S/C40H82NO6P/c1-3-5-7-9-11-13-15-17-19-21-23-25-27-29-31-33-35-39(42)38(37-47-48(44,45)46)41-40(43)36-34-32-30-28-26-24-22-20-18-16-14-12-10-8-6-4-2/h38-39,42H,3-37H2,1-2H3,(H,41,43)(H2,44,45,46)/t38-,39+/m0/s1. The molecule has 0 aliphatic heterocycles. The van der Waals surface area contributed by atoms with Crippen LogP contribution in [0.15, 0.2) is 0 Å². The number of phosphoric ester groups is 1. The number of hydrogen-bond donors (Lipinski definition) is 4. The van der Waals surface area contributed by atoms with Crippen molar-refractivity contribution in [3.05, 3.63) is 0 Å². The number of aliphatic hydroxyl groups excluding tert-OH is 1. The first-order chi connectivity index (χ1) is 23.3. The van der Waals surface area contributed by atoms with E-state index in [0.717, 1.165) is 38.5 Å². The van der Waals surface area contributed by atoms with Crippen LogP contribution in [-0.4, -0.2) is 39.6 Å². The van der Waals surface area contributed by atoms with E-state index in [1.165, 1.54) is 167 Å². The molecule has 0 aromatic carbocycles. The van der Waals surface area contributed by atoms with Gasteiger partial charge >= 0.3 is 7.82 Å². The Morgan fingerprint density at radius 2 is 0.812 bits per heavy atom. The van der Waals surface area contributed by atoms with Crippen LogP contribution in [0.5, 0.6) is 0 Å². The van der Waals surface area contributed by atoms with Crippen molar-refractivity contribution >= 4 is 13.7 Å². The van der Waals surface area contributed by atoms with Crippen molar-refractivity contribution in [3.8, 4) is 0 Å². The van der Waals surface area contributed by atoms with Gasteiger partial charge in [0, 0.05) is 6.42 Å². The van der Waals surface area contributed by atoms with E-state index in [4.69, 9.17) is 9.79 Å². The normalized spacial score (nSPS) is 13.2. The molecule has 7 nitrogen and oxygen atoms in total. The fourth-order valence-corrected chi connectivity index (χ4v) is 7.00. The number of rotatable bonds is 39. The fraction of sp³-hybridized carbons (Fsp3) is 0.975. The molecule has 0 spiro atoms. The van der Waals surface area contributed by atoms with Gasteiger partial charge in [0.25, 0.3) is 0 Å². The van der Waals surface area contributed by atoms with Crippen molar-refractivity contribution < 1.29 is 28.8 Å². The minimum atomic E-state index is -4.68. The summed E-state index contributed by atoms with van der Waals surface area (Å²) < 4.78 is 16.0. The Labute approximate surface area is 298 Å². The topological polar surface area (TPSA) is 116 Å². The Morgan fingerprint density at radius 3 is 1.12 bits per heavy atom. The summed E-state index contributed by atoms with van der Waals surface area (Å²) in [4.78, 5) is 30.9. The number of carbonyl (C=O) groups is 1. The van der Waals surface area contributed by atoms with Gasteiger partial charge in [-0.05, 0) is 12.8 Å². The van der Waals surface area contributed by atoms with Crippen LogP contribution in [0.1, 0.15) is 232 Å². The highest BCUT2D eigenvalue weighted by Crippen LogP contribution is 2.36. The molecule has 48 heavy (non-hydrogen) atoms. The number of phosphoric acid groups is 1. The number of nitrogens with one attached hydrogen (secondary N) is 1. The molecule has 0 heterocycles. The summed E-state index contributed by atoms with van der Waals surface area (Å²) in [5, 5.41) is 13.5. The van der Waals surface area contributed by atoms with Gasteiger partial charge in [0.2, 0.25) is 5.91 Å². The maximum atomic E-state index is 12.6. The van der Waals surface area contributed by atoms with Crippen LogP contribution < -0.4 is 5.32 Å². The van der Waals surface area contributed by atoms with Crippen molar-refractivity contribution in [3.63, 3.8) is 0 Å². The summed E-state index contributed by atoms with van der Waals surface area (Å²) in [6, 6.07) is -0.817. The molecule has 0 fully saturated rings. The van der Waals surface area contributed by atoms with Crippen LogP contribution in [0.2, 0.25) is 0 Å². The van der Waals surface area contributed by atoms with Gasteiger partial charge in [0.05, 0.1) is 18.8 Å². The molecule has 4 N–H and O–H groups in total. The fourth-order valence-electron chi connectivity index (χ4n) is 6.64. The quantitative estimate of drug-likeness (QED) is 0.0374. The van der Waals surface area contributed by atoms with Gasteiger partial charge < -0.3 is 20.2 Å². The van der Waals surface area contributed by atoms with Crippen LogP contribution >= 0.6 is 7.82 Å². The molecule has 2 atom stereocenters. The zero-order valence-corrected chi connectivity index (χ0v) is 32.8. The molecule has 0 unspecified atom stereocenters. The van der Waals surface area contributed by atoms with E-state index in [1.807, 2.05) is 0 Å². The third-order valence-corrected chi connectivity index (χ3v) is 10.3. The third-order valence-electron chi connectivity index (χ3n) is 9.84. The van der Waals surface area contributed by atoms with Gasteiger partial charge in [-0.1, -0.05) is 213 Å². The molecule has 0 aromatic rings. The SMILES string of the molecule is CCCCCCCCCCCCCCCCCCC(=O)N[C@@H](COP(=O)(O)O)[C@H](O)CCCCCCCCCCCCCCCCCC. The molecule has 0 rings (SSSR count). The smallest absolute Gasteiger partial charge is 0.391 e. The van der Waals surface area contributed by atoms with E-state index >= 15 is 0 Å². The summed E-state index contributed by atoms with van der Waals surface area (Å²) in [6.45, 7) is 4.14. The van der Waals surface area contributed by atoms with Crippen molar-refractivity contribution in [2.45, 2.75) is 244 Å². The Balaban J connectivity index is 3.88. The molecule has 0 aliphatic carbocycles. The molecule has 0 aliphatic rings. The van der Waals surface area contributed by atoms with E-state index in [2.05, 4.69) is 23.7 Å². The second-order valence-corrected chi connectivity index (χ2v) is 15.9. The zero-order chi connectivity index (χ0) is 35.4. The molecule has 0 bridgehead atoms. The van der Waals surface area contributed by atoms with Crippen LogP contribution in [0.4, 0.5) is 0 Å². The molecule has 1 amide bonds. The van der Waals surface area contributed by atoms with Crippen LogP contribution in [-0.2, 0) is 13.9 Å². The average Bonchev–Trinajstić information content (AvgIpc) is 3.05. The lowest BCUT2D eigenvalue weighted by molar-refractivity contribution is -0.123. The van der Waals surface area contributed by atoms with Crippen molar-refractivity contribution in [1.29, 1.82) is 0 Å². The zero-order valence-electron chi connectivity index (χ0n) is 31.9. The second kappa shape index (κ2) is 36.3. The highest BCUT2D eigenvalue weighted by Gasteiger charge is 2.25. The van der Waals surface area contributed by atoms with Gasteiger partial charge in [-0.3, -0.25) is 9.32 Å². The summed E-state index contributed by atoms with van der Waals surface area (Å²) in [7, 11) is -4.68. The largest absolute Gasteiger partial charge is 0.469 e. The van der Waals surface area contributed by atoms with Gasteiger partial charge in [0.1, 0.15) is 0 Å². The summed E-state index contributed by atoms with van der Waals surface area (Å²) in [5.74, 6) is -0.189. The van der Waals surface area contributed by atoms with E-state index in [0.29, 0.717) is 12.8 Å². The van der Waals surface area contributed by atoms with Crippen molar-refractivity contribution in [2.75, 3.05) is 6.61 Å². The van der Waals surface area contributed by atoms with E-state index in [9.17, 15) is 14.5 Å². The molecular formula is C40H82NO6P. The Kier molecular flexibility index (Phi) is 36.0. The number of carbonyl (C=O) groups excluding carboxylic acids is 1. The van der Waals surface area contributed by atoms with Crippen LogP contribution in [0.25, 0.3) is 0 Å². The first-order valence-corrected chi connectivity index (χ1v) is 22.5. The second-order valence-electron chi connectivity index (χ2n) is 14.7. The summed E-state index contributed by atoms with van der Waals surface area (Å²) in [6.07, 6.45) is 40.8. The van der Waals surface area contributed by atoms with Gasteiger partial charge in [-0.2, -0.15) is 0 Å². The summed E-state index contributed by atoms with van der Waals surface area (Å²) >= 11 is 0. The van der Waals surface area contributed by atoms with Crippen LogP contribution in [0, 0.1) is 0 Å². The van der Waals surface area contributed by atoms with Crippen molar-refractivity contribution in [1.82, 2.24) is 5.32 Å². The number of unbranched alkanes of at least 4 members (excludes halogenated alkanes) is 30. The van der Waals surface area contributed by atoms with E-state index in [-0.39, 0.29) is 5.91 Å². The van der Waals surface area contributed by atoms with Gasteiger partial charge in [-0.15, -0.1) is 0 Å². The minimum Gasteiger partial charge on any atom is -0.391 e. The summed E-state index contributed by atoms with van der Waals surface area (Å²) in [5.41, 5.74) is 0. The predicted octanol–water partition coefficient (Wildman–Crippen LogP) is 12.2. The Hall–Kier alpha value is -0.460. The number of hydrogen-bond acceptors (Lipinski definition) is 4. The van der Waals surface area contributed by atoms with Crippen LogP contribution in [0.3, 0.4) is 0 Å². The lowest BCUT2D eigenvalue weighted by atomic mass is 10.0. The highest BCUT2D eigenvalue weighted by atomic mass is 31.2. The maximum Gasteiger partial charge on any atom is 0.469 e. The minimum absolute atomic E-state index is 0.189. The number of amides is 1. The molecule has 0 aromatic heterocycles. The molecule has 0 radical (unpaired) electrons. The lowest BCUT2D eigenvalue weighted by Crippen LogP contribution is -2.46. The highest BCUT2D eigenvalue weighted by molar-refractivity contribution is 7.46. The van der Waals surface area contributed by atoms with Gasteiger partial charge in [0.15, 0.2) is 0 Å². The number of aliphatic hydroxyl groups is 1. The Morgan fingerprint density at radius 1 is 0.521 bits per heavy atom. The first kappa shape index (κ1) is 47.5. The molecule has 8 heteroatoms. The maximum absolute atomic E-state index is 12.6. The lowest BCUT2D eigenvalue weighted by Gasteiger charge is -2.24. The molecule has 288 valence electrons. The molecular weight excluding hydrogens is 621 g/mol. The van der Waals surface area contributed by atoms with E-state index in [1.54, 1.807) is 0 Å². The monoisotopic (exact) mass is 704 g/mol. The molecule has 0 saturated heterocycles. The molecule has 0 saturated carbocycles. The van der Waals surface area contributed by atoms with Gasteiger partial charge in [-0.25, -0.2) is 4.57 Å². The van der Waals surface area contributed by atoms with Crippen molar-refractivity contribution in [2.24, 2.45) is 0 Å². The predicted molar refractivity (Wildman–Crippen MR) is 204 cm³/mol. The van der Waals surface area contributed by atoms with E-state index < -0.39 is 26.6 Å². The average molecular weight is 704 g/mol. The Bertz CT molecular complexity index is 718.